The molecule has 1 saturated carbocycles. The Bertz CT molecular complexity index is 347. The van der Waals surface area contributed by atoms with Crippen LogP contribution in [0, 0.1) is 5.41 Å². The summed E-state index contributed by atoms with van der Waals surface area (Å²) in [5.41, 5.74) is 0.842. The molecule has 0 bridgehead atoms. The van der Waals surface area contributed by atoms with Crippen LogP contribution in [0.2, 0.25) is 0 Å². The van der Waals surface area contributed by atoms with Crippen LogP contribution in [0.4, 0.5) is 0 Å². The van der Waals surface area contributed by atoms with Crippen LogP contribution in [0.3, 0.4) is 0 Å². The first-order valence-corrected chi connectivity index (χ1v) is 7.64. The molecule has 0 aromatic rings. The third-order valence-electron chi connectivity index (χ3n) is 4.16. The average molecular weight is 270 g/mol. The Morgan fingerprint density at radius 1 is 1.61 bits per heavy atom. The van der Waals surface area contributed by atoms with Crippen molar-refractivity contribution >= 4 is 17.7 Å². The lowest BCUT2D eigenvalue weighted by Gasteiger charge is -2.49. The van der Waals surface area contributed by atoms with Crippen molar-refractivity contribution in [2.45, 2.75) is 44.5 Å². The number of carbonyl (C=O) groups is 1. The van der Waals surface area contributed by atoms with E-state index in [0.29, 0.717) is 13.0 Å². The predicted molar refractivity (Wildman–Crippen MR) is 73.5 cm³/mol. The topological polar surface area (TPSA) is 35.5 Å². The molecule has 3 nitrogen and oxygen atoms in total. The van der Waals surface area contributed by atoms with Gasteiger partial charge in [0.1, 0.15) is 4.93 Å². The van der Waals surface area contributed by atoms with E-state index < -0.39 is 0 Å². The maximum absolute atomic E-state index is 11.9. The van der Waals surface area contributed by atoms with Crippen LogP contribution in [-0.4, -0.2) is 29.9 Å². The molecule has 0 aromatic carbocycles. The largest absolute Gasteiger partial charge is 0.466 e. The summed E-state index contributed by atoms with van der Waals surface area (Å²) in [4.78, 5) is 11.6. The van der Waals surface area contributed by atoms with Crippen molar-refractivity contribution in [3.8, 4) is 0 Å². The minimum Gasteiger partial charge on any atom is -0.466 e. The molecule has 1 heterocycles. The van der Waals surface area contributed by atoms with Crippen LogP contribution in [-0.2, 0) is 14.3 Å². The Balaban J connectivity index is 2.22. The molecule has 1 spiro atoms. The summed E-state index contributed by atoms with van der Waals surface area (Å²) < 4.78 is 11.2. The molecule has 0 aromatic heterocycles. The first-order chi connectivity index (χ1) is 8.54. The average Bonchev–Trinajstić information content (AvgIpc) is 2.77. The van der Waals surface area contributed by atoms with Gasteiger partial charge in [0, 0.05) is 11.2 Å². The van der Waals surface area contributed by atoms with E-state index in [1.165, 1.54) is 0 Å². The van der Waals surface area contributed by atoms with Gasteiger partial charge in [0.05, 0.1) is 19.6 Å². The summed E-state index contributed by atoms with van der Waals surface area (Å²) in [6.07, 6.45) is 3.48. The Morgan fingerprint density at radius 3 is 3.00 bits per heavy atom. The number of ether oxygens (including phenoxy) is 2. The Morgan fingerprint density at radius 2 is 2.39 bits per heavy atom. The van der Waals surface area contributed by atoms with E-state index in [9.17, 15) is 4.79 Å². The molecule has 4 heteroatoms. The van der Waals surface area contributed by atoms with Gasteiger partial charge in [0.25, 0.3) is 0 Å². The van der Waals surface area contributed by atoms with E-state index >= 15 is 0 Å². The lowest BCUT2D eigenvalue weighted by Crippen LogP contribution is -2.48. The molecule has 1 aliphatic carbocycles. The lowest BCUT2D eigenvalue weighted by molar-refractivity contribution is -0.149. The third-order valence-corrected chi connectivity index (χ3v) is 5.77. The molecule has 2 atom stereocenters. The summed E-state index contributed by atoms with van der Waals surface area (Å²) in [5.74, 6) is 0.865. The highest BCUT2D eigenvalue weighted by atomic mass is 32.2. The minimum absolute atomic E-state index is 0.140. The Labute approximate surface area is 113 Å². The van der Waals surface area contributed by atoms with Crippen molar-refractivity contribution in [1.82, 2.24) is 0 Å². The smallest absolute Gasteiger partial charge is 0.306 e. The fourth-order valence-electron chi connectivity index (χ4n) is 3.03. The second kappa shape index (κ2) is 5.25. The van der Waals surface area contributed by atoms with Gasteiger partial charge < -0.3 is 9.47 Å². The molecule has 1 aliphatic heterocycles. The summed E-state index contributed by atoms with van der Waals surface area (Å²) in [6.45, 7) is 9.36. The second-order valence-electron chi connectivity index (χ2n) is 5.22. The predicted octanol–water partition coefficient (Wildman–Crippen LogP) is 3.15. The van der Waals surface area contributed by atoms with Gasteiger partial charge in [0.2, 0.25) is 0 Å². The van der Waals surface area contributed by atoms with Crippen LogP contribution in [0.1, 0.15) is 39.5 Å². The molecule has 0 amide bonds. The first-order valence-electron chi connectivity index (χ1n) is 6.66. The molecule has 0 radical (unpaired) electrons. The van der Waals surface area contributed by atoms with Crippen molar-refractivity contribution in [2.75, 3.05) is 19.0 Å². The van der Waals surface area contributed by atoms with Crippen molar-refractivity contribution < 1.29 is 14.3 Å². The fourth-order valence-corrected chi connectivity index (χ4v) is 4.52. The Hall–Kier alpha value is -0.480. The van der Waals surface area contributed by atoms with E-state index in [2.05, 4.69) is 13.5 Å². The van der Waals surface area contributed by atoms with Crippen LogP contribution in [0.15, 0.2) is 12.2 Å². The van der Waals surface area contributed by atoms with Gasteiger partial charge in [-0.15, -0.1) is 11.8 Å². The van der Waals surface area contributed by atoms with Crippen LogP contribution >= 0.6 is 11.8 Å². The van der Waals surface area contributed by atoms with Gasteiger partial charge in [-0.2, -0.15) is 0 Å². The van der Waals surface area contributed by atoms with E-state index in [0.717, 1.165) is 37.2 Å². The molecule has 0 N–H and O–H groups in total. The highest BCUT2D eigenvalue weighted by molar-refractivity contribution is 8.00. The van der Waals surface area contributed by atoms with Gasteiger partial charge >= 0.3 is 5.97 Å². The van der Waals surface area contributed by atoms with Crippen LogP contribution in [0.5, 0.6) is 0 Å². The van der Waals surface area contributed by atoms with E-state index in [1.54, 1.807) is 0 Å². The number of thioether (sulfide) groups is 1. The zero-order chi connectivity index (χ0) is 13.2. The van der Waals surface area contributed by atoms with Crippen molar-refractivity contribution in [2.24, 2.45) is 5.41 Å². The van der Waals surface area contributed by atoms with Crippen LogP contribution in [0.25, 0.3) is 0 Å². The SMILES string of the molecule is C=C1CCC[C@]2(OCCS2)[C@]1(C)CC(=O)OCC. The highest BCUT2D eigenvalue weighted by Crippen LogP contribution is 2.58. The Kier molecular flexibility index (Phi) is 4.07. The van der Waals surface area contributed by atoms with Crippen molar-refractivity contribution in [1.29, 1.82) is 0 Å². The summed E-state index contributed by atoms with van der Waals surface area (Å²) in [5, 5.41) is 0. The summed E-state index contributed by atoms with van der Waals surface area (Å²) >= 11 is 1.85. The molecule has 2 rings (SSSR count). The summed E-state index contributed by atoms with van der Waals surface area (Å²) in [6, 6.07) is 0. The highest BCUT2D eigenvalue weighted by Gasteiger charge is 2.56. The van der Waals surface area contributed by atoms with Crippen LogP contribution < -0.4 is 0 Å². The number of hydrogen-bond acceptors (Lipinski definition) is 4. The quantitative estimate of drug-likeness (QED) is 0.583. The molecule has 102 valence electrons. The van der Waals surface area contributed by atoms with E-state index in [-0.39, 0.29) is 16.3 Å². The molecule has 0 unspecified atom stereocenters. The first kappa shape index (κ1) is 13.9. The fraction of sp³-hybridized carbons (Fsp3) is 0.786. The normalized spacial score (nSPS) is 36.0. The van der Waals surface area contributed by atoms with Gasteiger partial charge in [-0.3, -0.25) is 4.79 Å². The van der Waals surface area contributed by atoms with Gasteiger partial charge in [-0.25, -0.2) is 0 Å². The zero-order valence-electron chi connectivity index (χ0n) is 11.3. The number of carbonyl (C=O) groups excluding carboxylic acids is 1. The lowest BCUT2D eigenvalue weighted by atomic mass is 9.67. The van der Waals surface area contributed by atoms with Gasteiger partial charge in [-0.1, -0.05) is 19.1 Å². The van der Waals surface area contributed by atoms with E-state index in [1.807, 2.05) is 18.7 Å². The second-order valence-corrected chi connectivity index (χ2v) is 6.58. The molecule has 18 heavy (non-hydrogen) atoms. The van der Waals surface area contributed by atoms with Gasteiger partial charge in [-0.05, 0) is 26.2 Å². The molecule has 2 aliphatic rings. The number of hydrogen-bond donors (Lipinski definition) is 0. The van der Waals surface area contributed by atoms with E-state index in [4.69, 9.17) is 9.47 Å². The van der Waals surface area contributed by atoms with Gasteiger partial charge in [0.15, 0.2) is 0 Å². The maximum Gasteiger partial charge on any atom is 0.306 e. The van der Waals surface area contributed by atoms with Crippen molar-refractivity contribution in [3.05, 3.63) is 12.2 Å². The zero-order valence-corrected chi connectivity index (χ0v) is 12.1. The minimum atomic E-state index is -0.293. The third kappa shape index (κ3) is 2.21. The number of rotatable bonds is 3. The molecule has 1 saturated heterocycles. The van der Waals surface area contributed by atoms with Crippen molar-refractivity contribution in [3.63, 3.8) is 0 Å². The molecule has 2 fully saturated rings. The molecular weight excluding hydrogens is 248 g/mol. The number of esters is 1. The summed E-state index contributed by atoms with van der Waals surface area (Å²) in [7, 11) is 0. The standard InChI is InChI=1S/C14H22O3S/c1-4-16-12(15)10-13(3)11(2)6-5-7-14(13)17-8-9-18-14/h2,4-10H2,1,3H3/t13-,14-/m1/s1. The molecular formula is C14H22O3S. The maximum atomic E-state index is 11.9. The monoisotopic (exact) mass is 270 g/mol.